The van der Waals surface area contributed by atoms with E-state index in [0.29, 0.717) is 0 Å². The van der Waals surface area contributed by atoms with Crippen LogP contribution >= 0.6 is 11.3 Å². The lowest BCUT2D eigenvalue weighted by Crippen LogP contribution is -1.99. The zero-order valence-electron chi connectivity index (χ0n) is 12.4. The molecule has 0 amide bonds. The van der Waals surface area contributed by atoms with Gasteiger partial charge < -0.3 is 5.32 Å². The summed E-state index contributed by atoms with van der Waals surface area (Å²) >= 11 is 1.68. The Morgan fingerprint density at radius 3 is 2.81 bits per heavy atom. The largest absolute Gasteiger partial charge is 0.381 e. The first-order valence-electron chi connectivity index (χ1n) is 6.87. The highest BCUT2D eigenvalue weighted by Gasteiger charge is 2.05. The summed E-state index contributed by atoms with van der Waals surface area (Å²) in [5, 5.41) is 11.0. The van der Waals surface area contributed by atoms with Crippen LogP contribution in [0.2, 0.25) is 0 Å². The SMILES string of the molecule is Cc1nc(-c2cccc(NCc3cn(C)nc3C)c2)cs1. The number of aryl methyl sites for hydroxylation is 3. The molecule has 3 rings (SSSR count). The minimum atomic E-state index is 0.777. The first-order valence-corrected chi connectivity index (χ1v) is 7.75. The molecule has 1 aromatic carbocycles. The van der Waals surface area contributed by atoms with Crippen LogP contribution < -0.4 is 5.32 Å². The average molecular weight is 298 g/mol. The summed E-state index contributed by atoms with van der Waals surface area (Å²) in [6.07, 6.45) is 2.05. The Hall–Kier alpha value is -2.14. The fraction of sp³-hybridized carbons (Fsp3) is 0.250. The molecule has 0 radical (unpaired) electrons. The Bertz CT molecular complexity index is 757. The zero-order chi connectivity index (χ0) is 14.8. The maximum Gasteiger partial charge on any atom is 0.0901 e. The fourth-order valence-corrected chi connectivity index (χ4v) is 2.93. The van der Waals surface area contributed by atoms with E-state index in [1.54, 1.807) is 11.3 Å². The fourth-order valence-electron chi connectivity index (χ4n) is 2.30. The Morgan fingerprint density at radius 2 is 2.14 bits per heavy atom. The number of rotatable bonds is 4. The first-order chi connectivity index (χ1) is 10.1. The molecule has 0 aliphatic heterocycles. The van der Waals surface area contributed by atoms with Gasteiger partial charge in [0.15, 0.2) is 0 Å². The predicted molar refractivity (Wildman–Crippen MR) is 87.6 cm³/mol. The van der Waals surface area contributed by atoms with E-state index in [0.717, 1.165) is 34.2 Å². The average Bonchev–Trinajstić information content (AvgIpc) is 3.03. The van der Waals surface area contributed by atoms with Gasteiger partial charge in [-0.15, -0.1) is 11.3 Å². The minimum Gasteiger partial charge on any atom is -0.381 e. The summed E-state index contributed by atoms with van der Waals surface area (Å²) in [4.78, 5) is 4.54. The first kappa shape index (κ1) is 13.8. The molecule has 3 aromatic rings. The molecule has 0 aliphatic carbocycles. The smallest absolute Gasteiger partial charge is 0.0901 e. The van der Waals surface area contributed by atoms with Gasteiger partial charge >= 0.3 is 0 Å². The molecule has 21 heavy (non-hydrogen) atoms. The van der Waals surface area contributed by atoms with Gasteiger partial charge in [-0.2, -0.15) is 5.10 Å². The number of nitrogens with zero attached hydrogens (tertiary/aromatic N) is 3. The van der Waals surface area contributed by atoms with Crippen molar-refractivity contribution in [3.63, 3.8) is 0 Å². The van der Waals surface area contributed by atoms with Crippen molar-refractivity contribution in [3.8, 4) is 11.3 Å². The monoisotopic (exact) mass is 298 g/mol. The normalized spacial score (nSPS) is 10.8. The number of anilines is 1. The second kappa shape index (κ2) is 5.69. The molecule has 0 spiro atoms. The van der Waals surface area contributed by atoms with E-state index >= 15 is 0 Å². The molecule has 2 aromatic heterocycles. The van der Waals surface area contributed by atoms with Crippen molar-refractivity contribution in [3.05, 3.63) is 52.1 Å². The molecule has 0 saturated carbocycles. The van der Waals surface area contributed by atoms with E-state index in [2.05, 4.69) is 51.2 Å². The molecule has 0 saturated heterocycles. The van der Waals surface area contributed by atoms with Gasteiger partial charge in [-0.3, -0.25) is 4.68 Å². The highest BCUT2D eigenvalue weighted by molar-refractivity contribution is 7.09. The number of thiazole rings is 1. The third-order valence-electron chi connectivity index (χ3n) is 3.38. The van der Waals surface area contributed by atoms with Gasteiger partial charge in [0, 0.05) is 42.0 Å². The van der Waals surface area contributed by atoms with E-state index in [9.17, 15) is 0 Å². The molecule has 0 atom stereocenters. The second-order valence-electron chi connectivity index (χ2n) is 5.10. The van der Waals surface area contributed by atoms with Gasteiger partial charge in [0.1, 0.15) is 0 Å². The molecule has 1 N–H and O–H groups in total. The van der Waals surface area contributed by atoms with Crippen molar-refractivity contribution in [1.82, 2.24) is 14.8 Å². The second-order valence-corrected chi connectivity index (χ2v) is 6.16. The third-order valence-corrected chi connectivity index (χ3v) is 4.15. The van der Waals surface area contributed by atoms with Crippen LogP contribution in [0.25, 0.3) is 11.3 Å². The summed E-state index contributed by atoms with van der Waals surface area (Å²) in [5.41, 5.74) is 5.57. The van der Waals surface area contributed by atoms with Crippen molar-refractivity contribution in [1.29, 1.82) is 0 Å². The van der Waals surface area contributed by atoms with Crippen molar-refractivity contribution in [2.45, 2.75) is 20.4 Å². The highest BCUT2D eigenvalue weighted by Crippen LogP contribution is 2.24. The Balaban J connectivity index is 1.76. The van der Waals surface area contributed by atoms with Crippen molar-refractivity contribution < 1.29 is 0 Å². The van der Waals surface area contributed by atoms with Crippen molar-refractivity contribution in [2.24, 2.45) is 7.05 Å². The number of nitrogens with one attached hydrogen (secondary N) is 1. The van der Waals surface area contributed by atoms with Crippen LogP contribution in [0.4, 0.5) is 5.69 Å². The van der Waals surface area contributed by atoms with Gasteiger partial charge in [-0.25, -0.2) is 4.98 Å². The molecule has 5 heteroatoms. The molecule has 0 aliphatic rings. The molecular formula is C16H18N4S. The van der Waals surface area contributed by atoms with Crippen molar-refractivity contribution >= 4 is 17.0 Å². The van der Waals surface area contributed by atoms with E-state index in [1.807, 2.05) is 25.6 Å². The van der Waals surface area contributed by atoms with E-state index in [1.165, 1.54) is 5.56 Å². The van der Waals surface area contributed by atoms with Crippen LogP contribution in [-0.4, -0.2) is 14.8 Å². The molecule has 0 fully saturated rings. The summed E-state index contributed by atoms with van der Waals surface area (Å²) in [6, 6.07) is 8.37. The third kappa shape index (κ3) is 3.13. The summed E-state index contributed by atoms with van der Waals surface area (Å²) in [6.45, 7) is 4.84. The number of aromatic nitrogens is 3. The van der Waals surface area contributed by atoms with Crippen LogP contribution in [0.5, 0.6) is 0 Å². The van der Waals surface area contributed by atoms with Gasteiger partial charge in [0.25, 0.3) is 0 Å². The molecule has 0 unspecified atom stereocenters. The maximum absolute atomic E-state index is 4.54. The van der Waals surface area contributed by atoms with Gasteiger partial charge in [0.05, 0.1) is 16.4 Å². The number of hydrogen-bond donors (Lipinski definition) is 1. The molecule has 108 valence electrons. The van der Waals surface area contributed by atoms with Crippen LogP contribution in [0.15, 0.2) is 35.8 Å². The highest BCUT2D eigenvalue weighted by atomic mass is 32.1. The quantitative estimate of drug-likeness (QED) is 0.797. The standard InChI is InChI=1S/C16H18N4S/c1-11-14(9-20(3)19-11)8-17-15-6-4-5-13(7-15)16-10-21-12(2)18-16/h4-7,9-10,17H,8H2,1-3H3. The Labute approximate surface area is 128 Å². The van der Waals surface area contributed by atoms with E-state index in [4.69, 9.17) is 0 Å². The Kier molecular flexibility index (Phi) is 3.75. The lowest BCUT2D eigenvalue weighted by atomic mass is 10.1. The number of hydrogen-bond acceptors (Lipinski definition) is 4. The van der Waals surface area contributed by atoms with Gasteiger partial charge in [-0.1, -0.05) is 12.1 Å². The lowest BCUT2D eigenvalue weighted by molar-refractivity contribution is 0.756. The summed E-state index contributed by atoms with van der Waals surface area (Å²) < 4.78 is 1.85. The van der Waals surface area contributed by atoms with E-state index < -0.39 is 0 Å². The van der Waals surface area contributed by atoms with Crippen LogP contribution in [-0.2, 0) is 13.6 Å². The molecule has 0 bridgehead atoms. The zero-order valence-corrected chi connectivity index (χ0v) is 13.2. The molecule has 2 heterocycles. The minimum absolute atomic E-state index is 0.777. The van der Waals surface area contributed by atoms with E-state index in [-0.39, 0.29) is 0 Å². The lowest BCUT2D eigenvalue weighted by Gasteiger charge is -2.07. The van der Waals surface area contributed by atoms with Gasteiger partial charge in [0.2, 0.25) is 0 Å². The topological polar surface area (TPSA) is 42.7 Å². The summed E-state index contributed by atoms with van der Waals surface area (Å²) in [7, 11) is 1.95. The summed E-state index contributed by atoms with van der Waals surface area (Å²) in [5.74, 6) is 0. The predicted octanol–water partition coefficient (Wildman–Crippen LogP) is 3.77. The van der Waals surface area contributed by atoms with Gasteiger partial charge in [-0.05, 0) is 26.0 Å². The molecule has 4 nitrogen and oxygen atoms in total. The molecular weight excluding hydrogens is 280 g/mol. The van der Waals surface area contributed by atoms with Crippen LogP contribution in [0, 0.1) is 13.8 Å². The van der Waals surface area contributed by atoms with Crippen molar-refractivity contribution in [2.75, 3.05) is 5.32 Å². The number of benzene rings is 1. The van der Waals surface area contributed by atoms with Crippen LogP contribution in [0.1, 0.15) is 16.3 Å². The maximum atomic E-state index is 4.54. The Morgan fingerprint density at radius 1 is 1.29 bits per heavy atom. The van der Waals surface area contributed by atoms with Crippen LogP contribution in [0.3, 0.4) is 0 Å².